The van der Waals surface area contributed by atoms with E-state index < -0.39 is 6.10 Å². The summed E-state index contributed by atoms with van der Waals surface area (Å²) in [6.45, 7) is 7.77. The first-order valence-electron chi connectivity index (χ1n) is 9.30. The van der Waals surface area contributed by atoms with Crippen molar-refractivity contribution >= 4 is 5.69 Å². The Morgan fingerprint density at radius 2 is 1.62 bits per heavy atom. The van der Waals surface area contributed by atoms with E-state index in [-0.39, 0.29) is 0 Å². The molecule has 2 aliphatic heterocycles. The Labute approximate surface area is 154 Å². The second kappa shape index (κ2) is 7.56. The number of aliphatic hydroxyl groups is 1. The van der Waals surface area contributed by atoms with Crippen LogP contribution in [0.2, 0.25) is 0 Å². The first-order valence-corrected chi connectivity index (χ1v) is 9.30. The van der Waals surface area contributed by atoms with Gasteiger partial charge in [-0.2, -0.15) is 0 Å². The van der Waals surface area contributed by atoms with Crippen LogP contribution in [0.15, 0.2) is 42.5 Å². The van der Waals surface area contributed by atoms with Crippen LogP contribution in [-0.4, -0.2) is 55.9 Å². The van der Waals surface area contributed by atoms with E-state index in [9.17, 15) is 5.11 Å². The van der Waals surface area contributed by atoms with E-state index in [0.717, 1.165) is 43.2 Å². The number of fused-ring (bicyclic) bond motifs is 1. The van der Waals surface area contributed by atoms with Crippen molar-refractivity contribution in [2.24, 2.45) is 0 Å². The van der Waals surface area contributed by atoms with Crippen molar-refractivity contribution < 1.29 is 14.6 Å². The fraction of sp³-hybridized carbons (Fsp3) is 0.429. The summed E-state index contributed by atoms with van der Waals surface area (Å²) in [4.78, 5) is 4.73. The molecule has 0 radical (unpaired) electrons. The number of piperazine rings is 1. The van der Waals surface area contributed by atoms with Gasteiger partial charge in [-0.3, -0.25) is 4.90 Å². The number of rotatable bonds is 4. The Hall–Kier alpha value is -2.24. The normalized spacial score (nSPS) is 18.6. The van der Waals surface area contributed by atoms with Gasteiger partial charge >= 0.3 is 0 Å². The monoisotopic (exact) mass is 354 g/mol. The van der Waals surface area contributed by atoms with Gasteiger partial charge in [0.2, 0.25) is 0 Å². The van der Waals surface area contributed by atoms with Crippen molar-refractivity contribution in [2.75, 3.05) is 50.8 Å². The van der Waals surface area contributed by atoms with Crippen LogP contribution in [0.5, 0.6) is 11.5 Å². The average molecular weight is 354 g/mol. The molecule has 1 unspecified atom stereocenters. The van der Waals surface area contributed by atoms with Gasteiger partial charge in [-0.25, -0.2) is 0 Å². The minimum absolute atomic E-state index is 0.517. The highest BCUT2D eigenvalue weighted by Crippen LogP contribution is 2.33. The first kappa shape index (κ1) is 17.2. The van der Waals surface area contributed by atoms with Gasteiger partial charge in [-0.1, -0.05) is 23.8 Å². The summed E-state index contributed by atoms with van der Waals surface area (Å²) in [5, 5.41) is 10.6. The molecule has 1 atom stereocenters. The molecule has 1 fully saturated rings. The highest BCUT2D eigenvalue weighted by molar-refractivity contribution is 5.48. The molecule has 1 N–H and O–H groups in total. The zero-order chi connectivity index (χ0) is 17.9. The summed E-state index contributed by atoms with van der Waals surface area (Å²) in [7, 11) is 0. The van der Waals surface area contributed by atoms with Crippen molar-refractivity contribution in [3.63, 3.8) is 0 Å². The van der Waals surface area contributed by atoms with E-state index in [1.807, 2.05) is 18.2 Å². The molecule has 4 rings (SSSR count). The molecule has 26 heavy (non-hydrogen) atoms. The number of nitrogens with zero attached hydrogens (tertiary/aromatic N) is 2. The molecule has 2 heterocycles. The minimum atomic E-state index is -0.517. The third kappa shape index (κ3) is 3.79. The molecule has 2 aliphatic rings. The molecule has 1 saturated heterocycles. The Bertz CT molecular complexity index is 739. The molecule has 0 aromatic heterocycles. The van der Waals surface area contributed by atoms with E-state index in [4.69, 9.17) is 9.47 Å². The molecule has 5 heteroatoms. The maximum absolute atomic E-state index is 10.6. The third-order valence-electron chi connectivity index (χ3n) is 5.15. The van der Waals surface area contributed by atoms with Crippen molar-refractivity contribution in [1.29, 1.82) is 0 Å². The van der Waals surface area contributed by atoms with Gasteiger partial charge in [0.15, 0.2) is 11.5 Å². The lowest BCUT2D eigenvalue weighted by Crippen LogP contribution is -2.47. The SMILES string of the molecule is Cc1ccc(N2CCN(CC(O)c3ccc4c(c3)OCCO4)CC2)cc1. The largest absolute Gasteiger partial charge is 0.486 e. The molecular formula is C21H26N2O3. The minimum Gasteiger partial charge on any atom is -0.486 e. The molecule has 138 valence electrons. The van der Waals surface area contributed by atoms with Gasteiger partial charge in [0.25, 0.3) is 0 Å². The summed E-state index contributed by atoms with van der Waals surface area (Å²) in [6, 6.07) is 14.4. The second-order valence-corrected chi connectivity index (χ2v) is 7.04. The summed E-state index contributed by atoms with van der Waals surface area (Å²) in [5.41, 5.74) is 3.45. The first-order chi connectivity index (χ1) is 12.7. The summed E-state index contributed by atoms with van der Waals surface area (Å²) in [6.07, 6.45) is -0.517. The third-order valence-corrected chi connectivity index (χ3v) is 5.15. The molecule has 2 aromatic carbocycles. The summed E-state index contributed by atoms with van der Waals surface area (Å²) < 4.78 is 11.2. The van der Waals surface area contributed by atoms with Crippen LogP contribution >= 0.6 is 0 Å². The van der Waals surface area contributed by atoms with E-state index in [1.165, 1.54) is 11.3 Å². The maximum atomic E-state index is 10.6. The lowest BCUT2D eigenvalue weighted by molar-refractivity contribution is 0.108. The number of benzene rings is 2. The number of ether oxygens (including phenoxy) is 2. The van der Waals surface area contributed by atoms with Crippen LogP contribution in [0.3, 0.4) is 0 Å². The van der Waals surface area contributed by atoms with Crippen LogP contribution in [0.1, 0.15) is 17.2 Å². The topological polar surface area (TPSA) is 45.2 Å². The standard InChI is InChI=1S/C21H26N2O3/c1-16-2-5-18(6-3-16)23-10-8-22(9-11-23)15-19(24)17-4-7-20-21(14-17)26-13-12-25-20/h2-7,14,19,24H,8-13,15H2,1H3. The Kier molecular flexibility index (Phi) is 5.00. The number of aryl methyl sites for hydroxylation is 1. The number of anilines is 1. The molecular weight excluding hydrogens is 328 g/mol. The van der Waals surface area contributed by atoms with Crippen molar-refractivity contribution in [3.8, 4) is 11.5 Å². The highest BCUT2D eigenvalue weighted by atomic mass is 16.6. The van der Waals surface area contributed by atoms with Gasteiger partial charge in [0.05, 0.1) is 6.10 Å². The molecule has 0 saturated carbocycles. The van der Waals surface area contributed by atoms with E-state index in [0.29, 0.717) is 19.8 Å². The van der Waals surface area contributed by atoms with Crippen LogP contribution < -0.4 is 14.4 Å². The highest BCUT2D eigenvalue weighted by Gasteiger charge is 2.21. The molecule has 0 amide bonds. The zero-order valence-corrected chi connectivity index (χ0v) is 15.2. The predicted molar refractivity (Wildman–Crippen MR) is 102 cm³/mol. The van der Waals surface area contributed by atoms with Gasteiger partial charge in [-0.05, 0) is 36.8 Å². The van der Waals surface area contributed by atoms with E-state index in [1.54, 1.807) is 0 Å². The molecule has 2 aromatic rings. The average Bonchev–Trinajstić information content (AvgIpc) is 2.69. The van der Waals surface area contributed by atoms with Crippen molar-refractivity contribution in [1.82, 2.24) is 4.90 Å². The lowest BCUT2D eigenvalue weighted by Gasteiger charge is -2.37. The summed E-state index contributed by atoms with van der Waals surface area (Å²) in [5.74, 6) is 1.50. The molecule has 5 nitrogen and oxygen atoms in total. The quantitative estimate of drug-likeness (QED) is 0.914. The zero-order valence-electron chi connectivity index (χ0n) is 15.2. The van der Waals surface area contributed by atoms with Crippen LogP contribution in [0.4, 0.5) is 5.69 Å². The van der Waals surface area contributed by atoms with E-state index in [2.05, 4.69) is 41.0 Å². The van der Waals surface area contributed by atoms with Gasteiger partial charge < -0.3 is 19.5 Å². The lowest BCUT2D eigenvalue weighted by atomic mass is 10.1. The van der Waals surface area contributed by atoms with Crippen LogP contribution in [-0.2, 0) is 0 Å². The van der Waals surface area contributed by atoms with Gasteiger partial charge in [0, 0.05) is 38.4 Å². The number of hydrogen-bond donors (Lipinski definition) is 1. The summed E-state index contributed by atoms with van der Waals surface area (Å²) >= 11 is 0. The van der Waals surface area contributed by atoms with Gasteiger partial charge in [-0.15, -0.1) is 0 Å². The van der Waals surface area contributed by atoms with Crippen molar-refractivity contribution in [3.05, 3.63) is 53.6 Å². The van der Waals surface area contributed by atoms with Crippen LogP contribution in [0, 0.1) is 6.92 Å². The molecule has 0 bridgehead atoms. The predicted octanol–water partition coefficient (Wildman–Crippen LogP) is 2.62. The number of β-amino-alcohol motifs (C(OH)–C–C–N with tert-alkyl or cyclic N) is 1. The Morgan fingerprint density at radius 1 is 0.923 bits per heavy atom. The maximum Gasteiger partial charge on any atom is 0.161 e. The molecule has 0 spiro atoms. The Balaban J connectivity index is 1.33. The van der Waals surface area contributed by atoms with Gasteiger partial charge in [0.1, 0.15) is 13.2 Å². The van der Waals surface area contributed by atoms with Crippen molar-refractivity contribution in [2.45, 2.75) is 13.0 Å². The van der Waals surface area contributed by atoms with E-state index >= 15 is 0 Å². The Morgan fingerprint density at radius 3 is 2.35 bits per heavy atom. The number of aliphatic hydroxyl groups excluding tert-OH is 1. The fourth-order valence-electron chi connectivity index (χ4n) is 3.56. The smallest absolute Gasteiger partial charge is 0.161 e. The second-order valence-electron chi connectivity index (χ2n) is 7.04. The fourth-order valence-corrected chi connectivity index (χ4v) is 3.56. The number of hydrogen-bond acceptors (Lipinski definition) is 5. The van der Waals surface area contributed by atoms with Crippen LogP contribution in [0.25, 0.3) is 0 Å². The molecule has 0 aliphatic carbocycles.